The first-order valence-electron chi connectivity index (χ1n) is 8.09. The van der Waals surface area contributed by atoms with Crippen molar-refractivity contribution in [2.24, 2.45) is 5.92 Å². The first kappa shape index (κ1) is 16.4. The van der Waals surface area contributed by atoms with Gasteiger partial charge in [-0.2, -0.15) is 5.10 Å². The Labute approximate surface area is 140 Å². The maximum Gasteiger partial charge on any atom is 0.306 e. The fraction of sp³-hybridized carbons (Fsp3) is 0.471. The van der Waals surface area contributed by atoms with Crippen molar-refractivity contribution in [1.29, 1.82) is 0 Å². The molecule has 2 heterocycles. The van der Waals surface area contributed by atoms with E-state index >= 15 is 0 Å². The van der Waals surface area contributed by atoms with Gasteiger partial charge in [-0.1, -0.05) is 0 Å². The van der Waals surface area contributed by atoms with E-state index in [1.165, 1.54) is 0 Å². The highest BCUT2D eigenvalue weighted by Gasteiger charge is 2.38. The van der Waals surface area contributed by atoms with Crippen LogP contribution in [0.1, 0.15) is 42.6 Å². The lowest BCUT2D eigenvalue weighted by Gasteiger charge is -2.34. The molecule has 24 heavy (non-hydrogen) atoms. The molecule has 0 unspecified atom stereocenters. The molecule has 1 fully saturated rings. The first-order valence-corrected chi connectivity index (χ1v) is 8.09. The Kier molecular flexibility index (Phi) is 4.28. The molecule has 7 nitrogen and oxygen atoms in total. The Morgan fingerprint density at radius 2 is 1.96 bits per heavy atom. The van der Waals surface area contributed by atoms with E-state index in [4.69, 9.17) is 5.11 Å². The van der Waals surface area contributed by atoms with Gasteiger partial charge in [0.05, 0.1) is 11.6 Å². The average molecular weight is 330 g/mol. The van der Waals surface area contributed by atoms with Crippen LogP contribution in [0.5, 0.6) is 0 Å². The minimum atomic E-state index is -1.07. The standard InChI is InChI=1S/C17H22N4O3/c1-10-7-13(17(24)5-3-12(4-6-17)16(22)23)18-14(8-10)19-15-9-11(2)20-21-15/h7-9,12,24H,3-6H2,1-2H3,(H,22,23)(H2,18,19,20,21). The molecule has 0 aromatic carbocycles. The molecule has 0 amide bonds. The Morgan fingerprint density at radius 1 is 1.25 bits per heavy atom. The smallest absolute Gasteiger partial charge is 0.306 e. The number of aliphatic carboxylic acids is 1. The second kappa shape index (κ2) is 6.24. The van der Waals surface area contributed by atoms with E-state index in [1.807, 2.05) is 32.0 Å². The Balaban J connectivity index is 1.82. The lowest BCUT2D eigenvalue weighted by Crippen LogP contribution is -2.34. The van der Waals surface area contributed by atoms with Crippen LogP contribution >= 0.6 is 0 Å². The summed E-state index contributed by atoms with van der Waals surface area (Å²) in [6.45, 7) is 3.86. The van der Waals surface area contributed by atoms with Crippen LogP contribution in [0.15, 0.2) is 18.2 Å². The Bertz CT molecular complexity index is 748. The van der Waals surface area contributed by atoms with Crippen molar-refractivity contribution in [3.63, 3.8) is 0 Å². The third kappa shape index (κ3) is 3.41. The summed E-state index contributed by atoms with van der Waals surface area (Å²) < 4.78 is 0. The molecule has 0 atom stereocenters. The van der Waals surface area contributed by atoms with Gasteiger partial charge in [0.15, 0.2) is 5.82 Å². The zero-order chi connectivity index (χ0) is 17.3. The van der Waals surface area contributed by atoms with Gasteiger partial charge in [0.2, 0.25) is 0 Å². The number of anilines is 2. The second-order valence-corrected chi connectivity index (χ2v) is 6.62. The number of carboxylic acids is 1. The molecule has 1 aliphatic carbocycles. The van der Waals surface area contributed by atoms with E-state index < -0.39 is 11.6 Å². The summed E-state index contributed by atoms with van der Waals surface area (Å²) in [6.07, 6.45) is 1.73. The van der Waals surface area contributed by atoms with Crippen LogP contribution in [0.4, 0.5) is 11.6 Å². The van der Waals surface area contributed by atoms with Gasteiger partial charge in [0.25, 0.3) is 0 Å². The van der Waals surface area contributed by atoms with Crippen molar-refractivity contribution in [1.82, 2.24) is 15.2 Å². The van der Waals surface area contributed by atoms with Gasteiger partial charge in [-0.3, -0.25) is 9.89 Å². The van der Waals surface area contributed by atoms with Gasteiger partial charge >= 0.3 is 5.97 Å². The van der Waals surface area contributed by atoms with Gasteiger partial charge in [0, 0.05) is 11.8 Å². The molecular weight excluding hydrogens is 308 g/mol. The number of aromatic nitrogens is 3. The molecule has 2 aromatic heterocycles. The number of hydrogen-bond donors (Lipinski definition) is 4. The van der Waals surface area contributed by atoms with E-state index in [2.05, 4.69) is 20.5 Å². The lowest BCUT2D eigenvalue weighted by atomic mass is 9.77. The van der Waals surface area contributed by atoms with E-state index in [-0.39, 0.29) is 5.92 Å². The normalized spacial score (nSPS) is 23.9. The van der Waals surface area contributed by atoms with E-state index in [9.17, 15) is 9.90 Å². The lowest BCUT2D eigenvalue weighted by molar-refractivity contribution is -0.145. The Morgan fingerprint density at radius 3 is 2.54 bits per heavy atom. The Hall–Kier alpha value is -2.41. The van der Waals surface area contributed by atoms with Crippen LogP contribution in [0.3, 0.4) is 0 Å². The number of pyridine rings is 1. The van der Waals surface area contributed by atoms with Crippen molar-refractivity contribution >= 4 is 17.6 Å². The summed E-state index contributed by atoms with van der Waals surface area (Å²) >= 11 is 0. The summed E-state index contributed by atoms with van der Waals surface area (Å²) in [4.78, 5) is 15.6. The third-order valence-electron chi connectivity index (χ3n) is 4.57. The van der Waals surface area contributed by atoms with Gasteiger partial charge in [-0.15, -0.1) is 0 Å². The molecule has 1 saturated carbocycles. The van der Waals surface area contributed by atoms with Crippen LogP contribution in [-0.2, 0) is 10.4 Å². The van der Waals surface area contributed by atoms with Crippen molar-refractivity contribution in [2.75, 3.05) is 5.32 Å². The summed E-state index contributed by atoms with van der Waals surface area (Å²) in [6, 6.07) is 5.62. The van der Waals surface area contributed by atoms with Crippen LogP contribution in [-0.4, -0.2) is 31.4 Å². The number of H-pyrrole nitrogens is 1. The molecule has 2 aromatic rings. The number of nitrogens with one attached hydrogen (secondary N) is 2. The minimum absolute atomic E-state index is 0.375. The molecule has 4 N–H and O–H groups in total. The number of carboxylic acid groups (broad SMARTS) is 1. The van der Waals surface area contributed by atoms with Crippen molar-refractivity contribution in [3.05, 3.63) is 35.2 Å². The molecule has 128 valence electrons. The van der Waals surface area contributed by atoms with E-state index in [1.54, 1.807) is 0 Å². The predicted octanol–water partition coefficient (Wildman–Crippen LogP) is 2.63. The van der Waals surface area contributed by atoms with Crippen molar-refractivity contribution in [3.8, 4) is 0 Å². The molecule has 3 rings (SSSR count). The van der Waals surface area contributed by atoms with Gasteiger partial charge in [-0.05, 0) is 57.2 Å². The van der Waals surface area contributed by atoms with E-state index in [0.717, 1.165) is 11.3 Å². The molecule has 0 radical (unpaired) electrons. The number of nitrogens with zero attached hydrogens (tertiary/aromatic N) is 2. The maximum absolute atomic E-state index is 11.1. The van der Waals surface area contributed by atoms with Crippen molar-refractivity contribution < 1.29 is 15.0 Å². The molecule has 0 bridgehead atoms. The molecule has 7 heteroatoms. The quantitative estimate of drug-likeness (QED) is 0.686. The SMILES string of the molecule is Cc1cc(Nc2cc(C)[nH]n2)nc(C2(O)CCC(C(=O)O)CC2)c1. The van der Waals surface area contributed by atoms with Gasteiger partial charge in [0.1, 0.15) is 11.4 Å². The molecule has 1 aliphatic rings. The fourth-order valence-electron chi connectivity index (χ4n) is 3.18. The highest BCUT2D eigenvalue weighted by atomic mass is 16.4. The average Bonchev–Trinajstić information content (AvgIpc) is 2.92. The maximum atomic E-state index is 11.1. The van der Waals surface area contributed by atoms with Crippen LogP contribution in [0, 0.1) is 19.8 Å². The zero-order valence-corrected chi connectivity index (χ0v) is 13.8. The highest BCUT2D eigenvalue weighted by Crippen LogP contribution is 2.39. The van der Waals surface area contributed by atoms with Crippen LogP contribution in [0.2, 0.25) is 0 Å². The predicted molar refractivity (Wildman–Crippen MR) is 89.1 cm³/mol. The second-order valence-electron chi connectivity index (χ2n) is 6.62. The fourth-order valence-corrected chi connectivity index (χ4v) is 3.18. The number of carbonyl (C=O) groups is 1. The summed E-state index contributed by atoms with van der Waals surface area (Å²) in [5.74, 6) is 0.119. The number of rotatable bonds is 4. The van der Waals surface area contributed by atoms with Crippen LogP contribution in [0.25, 0.3) is 0 Å². The van der Waals surface area contributed by atoms with E-state index in [0.29, 0.717) is 43.0 Å². The molecule has 0 saturated heterocycles. The molecular formula is C17H22N4O3. The first-order chi connectivity index (χ1) is 11.4. The third-order valence-corrected chi connectivity index (χ3v) is 4.57. The largest absolute Gasteiger partial charge is 0.481 e. The van der Waals surface area contributed by atoms with Crippen molar-refractivity contribution in [2.45, 2.75) is 45.1 Å². The summed E-state index contributed by atoms with van der Waals surface area (Å²) in [7, 11) is 0. The van der Waals surface area contributed by atoms with Crippen LogP contribution < -0.4 is 5.32 Å². The molecule has 0 aliphatic heterocycles. The summed E-state index contributed by atoms with van der Waals surface area (Å²) in [5.41, 5.74) is 1.43. The minimum Gasteiger partial charge on any atom is -0.481 e. The highest BCUT2D eigenvalue weighted by molar-refractivity contribution is 5.70. The molecule has 0 spiro atoms. The van der Waals surface area contributed by atoms with Gasteiger partial charge in [-0.25, -0.2) is 4.98 Å². The summed E-state index contributed by atoms with van der Waals surface area (Å²) in [5, 5.41) is 30.2. The van der Waals surface area contributed by atoms with Gasteiger partial charge < -0.3 is 15.5 Å². The number of aryl methyl sites for hydroxylation is 2. The number of aromatic amines is 1. The number of aliphatic hydroxyl groups is 1. The monoisotopic (exact) mass is 330 g/mol. The number of hydrogen-bond acceptors (Lipinski definition) is 5. The topological polar surface area (TPSA) is 111 Å². The zero-order valence-electron chi connectivity index (χ0n) is 13.8.